The van der Waals surface area contributed by atoms with Crippen LogP contribution in [0.15, 0.2) is 36.9 Å². The Bertz CT molecular complexity index is 414. The van der Waals surface area contributed by atoms with Crippen LogP contribution in [0.2, 0.25) is 0 Å². The Morgan fingerprint density at radius 2 is 1.76 bits per heavy atom. The molecule has 0 aromatic heterocycles. The molecule has 2 heteroatoms. The Labute approximate surface area is 129 Å². The molecular formula is C19H28O2. The van der Waals surface area contributed by atoms with Crippen molar-refractivity contribution >= 4 is 5.97 Å². The molecule has 0 aliphatic heterocycles. The van der Waals surface area contributed by atoms with Crippen molar-refractivity contribution in [2.75, 3.05) is 0 Å². The average molecular weight is 288 g/mol. The highest BCUT2D eigenvalue weighted by atomic mass is 16.5. The van der Waals surface area contributed by atoms with E-state index in [0.717, 1.165) is 12.3 Å². The van der Waals surface area contributed by atoms with Gasteiger partial charge in [0.25, 0.3) is 0 Å². The summed E-state index contributed by atoms with van der Waals surface area (Å²) in [6, 6.07) is 7.79. The summed E-state index contributed by atoms with van der Waals surface area (Å²) in [4.78, 5) is 11.1. The van der Waals surface area contributed by atoms with Crippen molar-refractivity contribution in [1.82, 2.24) is 0 Å². The van der Waals surface area contributed by atoms with Gasteiger partial charge in [0.1, 0.15) is 5.75 Å². The fourth-order valence-corrected chi connectivity index (χ4v) is 2.73. The van der Waals surface area contributed by atoms with Gasteiger partial charge >= 0.3 is 5.97 Å². The zero-order valence-electron chi connectivity index (χ0n) is 13.4. The van der Waals surface area contributed by atoms with E-state index in [-0.39, 0.29) is 0 Å². The Morgan fingerprint density at radius 3 is 2.29 bits per heavy atom. The maximum atomic E-state index is 11.1. The summed E-state index contributed by atoms with van der Waals surface area (Å²) in [6.45, 7) is 7.93. The normalized spacial score (nSPS) is 10.6. The van der Waals surface area contributed by atoms with Crippen LogP contribution in [0.3, 0.4) is 0 Å². The van der Waals surface area contributed by atoms with E-state index in [4.69, 9.17) is 4.74 Å². The van der Waals surface area contributed by atoms with Crippen molar-refractivity contribution in [2.24, 2.45) is 5.92 Å². The van der Waals surface area contributed by atoms with Gasteiger partial charge in [-0.1, -0.05) is 64.7 Å². The fraction of sp³-hybridized carbons (Fsp3) is 0.526. The summed E-state index contributed by atoms with van der Waals surface area (Å²) >= 11 is 0. The molecule has 0 heterocycles. The maximum Gasteiger partial charge on any atom is 0.335 e. The fourth-order valence-electron chi connectivity index (χ4n) is 2.73. The van der Waals surface area contributed by atoms with Gasteiger partial charge in [-0.15, -0.1) is 0 Å². The van der Waals surface area contributed by atoms with Crippen LogP contribution in [0.4, 0.5) is 0 Å². The van der Waals surface area contributed by atoms with E-state index in [0.29, 0.717) is 5.75 Å². The molecule has 1 aromatic carbocycles. The lowest BCUT2D eigenvalue weighted by Crippen LogP contribution is -2.03. The molecular weight excluding hydrogens is 260 g/mol. The van der Waals surface area contributed by atoms with Gasteiger partial charge in [-0.05, 0) is 36.5 Å². The number of carbonyl (C=O) groups is 1. The van der Waals surface area contributed by atoms with Gasteiger partial charge in [0, 0.05) is 6.08 Å². The van der Waals surface area contributed by atoms with Crippen LogP contribution in [0.25, 0.3) is 0 Å². The highest BCUT2D eigenvalue weighted by molar-refractivity contribution is 5.83. The summed E-state index contributed by atoms with van der Waals surface area (Å²) in [6.07, 6.45) is 10.1. The van der Waals surface area contributed by atoms with Crippen molar-refractivity contribution < 1.29 is 9.53 Å². The minimum Gasteiger partial charge on any atom is -0.423 e. The SMILES string of the molecule is C=CC(=O)Oc1ccc(CCCC(CCC)CCC)cc1. The van der Waals surface area contributed by atoms with Gasteiger partial charge in [0.05, 0.1) is 0 Å². The van der Waals surface area contributed by atoms with Crippen molar-refractivity contribution in [1.29, 1.82) is 0 Å². The third kappa shape index (κ3) is 7.12. The second-order valence-electron chi connectivity index (χ2n) is 5.60. The van der Waals surface area contributed by atoms with Crippen molar-refractivity contribution in [3.05, 3.63) is 42.5 Å². The lowest BCUT2D eigenvalue weighted by Gasteiger charge is -2.14. The molecule has 21 heavy (non-hydrogen) atoms. The quantitative estimate of drug-likeness (QED) is 0.331. The third-order valence-electron chi connectivity index (χ3n) is 3.78. The van der Waals surface area contributed by atoms with Gasteiger partial charge in [0.2, 0.25) is 0 Å². The predicted octanol–water partition coefficient (Wildman–Crippen LogP) is 5.32. The molecule has 0 amide bonds. The van der Waals surface area contributed by atoms with Gasteiger partial charge in [-0.25, -0.2) is 4.79 Å². The summed E-state index contributed by atoms with van der Waals surface area (Å²) < 4.78 is 5.07. The molecule has 0 radical (unpaired) electrons. The van der Waals surface area contributed by atoms with Crippen LogP contribution >= 0.6 is 0 Å². The first kappa shape index (κ1) is 17.5. The topological polar surface area (TPSA) is 26.3 Å². The number of aryl methyl sites for hydroxylation is 1. The number of benzene rings is 1. The van der Waals surface area contributed by atoms with Crippen LogP contribution < -0.4 is 4.74 Å². The molecule has 0 fully saturated rings. The van der Waals surface area contributed by atoms with Crippen LogP contribution in [0.5, 0.6) is 5.75 Å². The summed E-state index contributed by atoms with van der Waals surface area (Å²) in [5, 5.41) is 0. The van der Waals surface area contributed by atoms with Crippen LogP contribution in [0, 0.1) is 5.92 Å². The number of esters is 1. The molecule has 0 unspecified atom stereocenters. The van der Waals surface area contributed by atoms with Gasteiger partial charge < -0.3 is 4.74 Å². The molecule has 0 spiro atoms. The molecule has 1 rings (SSSR count). The first-order valence-electron chi connectivity index (χ1n) is 8.12. The van der Waals surface area contributed by atoms with Crippen LogP contribution in [0.1, 0.15) is 57.9 Å². The van der Waals surface area contributed by atoms with E-state index >= 15 is 0 Å². The Morgan fingerprint density at radius 1 is 1.14 bits per heavy atom. The third-order valence-corrected chi connectivity index (χ3v) is 3.78. The number of ether oxygens (including phenoxy) is 1. The Balaban J connectivity index is 2.38. The molecule has 0 aliphatic rings. The van der Waals surface area contributed by atoms with Crippen LogP contribution in [-0.4, -0.2) is 5.97 Å². The maximum absolute atomic E-state index is 11.1. The average Bonchev–Trinajstić information content (AvgIpc) is 2.49. The van der Waals surface area contributed by atoms with E-state index in [1.165, 1.54) is 50.2 Å². The van der Waals surface area contributed by atoms with Crippen LogP contribution in [-0.2, 0) is 11.2 Å². The monoisotopic (exact) mass is 288 g/mol. The zero-order valence-corrected chi connectivity index (χ0v) is 13.4. The summed E-state index contributed by atoms with van der Waals surface area (Å²) in [5.41, 5.74) is 1.31. The highest BCUT2D eigenvalue weighted by Gasteiger charge is 2.06. The lowest BCUT2D eigenvalue weighted by molar-refractivity contribution is -0.128. The molecule has 0 bridgehead atoms. The van der Waals surface area contributed by atoms with E-state index in [9.17, 15) is 4.79 Å². The molecule has 2 nitrogen and oxygen atoms in total. The standard InChI is InChI=1S/C19H28O2/c1-4-8-16(9-5-2)10-7-11-17-12-14-18(15-13-17)21-19(20)6-3/h6,12-16H,3-5,7-11H2,1-2H3. The second-order valence-corrected chi connectivity index (χ2v) is 5.60. The molecule has 0 N–H and O–H groups in total. The smallest absolute Gasteiger partial charge is 0.335 e. The Hall–Kier alpha value is -1.57. The number of hydrogen-bond acceptors (Lipinski definition) is 2. The highest BCUT2D eigenvalue weighted by Crippen LogP contribution is 2.21. The predicted molar refractivity (Wildman–Crippen MR) is 88.5 cm³/mol. The minimum absolute atomic E-state index is 0.412. The molecule has 1 aromatic rings. The van der Waals surface area contributed by atoms with Crippen molar-refractivity contribution in [3.8, 4) is 5.75 Å². The second kappa shape index (κ2) is 10.2. The van der Waals surface area contributed by atoms with Crippen molar-refractivity contribution in [2.45, 2.75) is 58.8 Å². The molecule has 0 saturated heterocycles. The molecule has 0 aliphatic carbocycles. The zero-order chi connectivity index (χ0) is 15.5. The number of rotatable bonds is 10. The van der Waals surface area contributed by atoms with Gasteiger partial charge in [-0.3, -0.25) is 0 Å². The molecule has 0 saturated carbocycles. The summed E-state index contributed by atoms with van der Waals surface area (Å²) in [5.74, 6) is 1.05. The number of carbonyl (C=O) groups excluding carboxylic acids is 1. The minimum atomic E-state index is -0.412. The Kier molecular flexibility index (Phi) is 8.49. The molecule has 0 atom stereocenters. The largest absolute Gasteiger partial charge is 0.423 e. The number of hydrogen-bond donors (Lipinski definition) is 0. The van der Waals surface area contributed by atoms with E-state index in [1.807, 2.05) is 24.3 Å². The first-order chi connectivity index (χ1) is 10.2. The van der Waals surface area contributed by atoms with Gasteiger partial charge in [-0.2, -0.15) is 0 Å². The van der Waals surface area contributed by atoms with E-state index in [1.54, 1.807) is 0 Å². The van der Waals surface area contributed by atoms with E-state index in [2.05, 4.69) is 20.4 Å². The van der Waals surface area contributed by atoms with Gasteiger partial charge in [0.15, 0.2) is 0 Å². The molecule has 116 valence electrons. The summed E-state index contributed by atoms with van der Waals surface area (Å²) in [7, 11) is 0. The van der Waals surface area contributed by atoms with E-state index < -0.39 is 5.97 Å². The van der Waals surface area contributed by atoms with Crippen molar-refractivity contribution in [3.63, 3.8) is 0 Å². The lowest BCUT2D eigenvalue weighted by atomic mass is 9.92. The first-order valence-corrected chi connectivity index (χ1v) is 8.12.